The third kappa shape index (κ3) is 3.21. The van der Waals surface area contributed by atoms with Crippen LogP contribution in [0.2, 0.25) is 0 Å². The molecule has 3 aromatic rings. The van der Waals surface area contributed by atoms with Gasteiger partial charge < -0.3 is 9.88 Å². The summed E-state index contributed by atoms with van der Waals surface area (Å²) in [7, 11) is 2.81. The number of rotatable bonds is 4. The summed E-state index contributed by atoms with van der Waals surface area (Å²) in [6.45, 7) is 2.31. The highest BCUT2D eigenvalue weighted by Gasteiger charge is 2.25. The van der Waals surface area contributed by atoms with Gasteiger partial charge in [0, 0.05) is 32.3 Å². The minimum atomic E-state index is -3.04. The molecule has 3 rings (SSSR count). The number of aryl methyl sites for hydroxylation is 1. The van der Waals surface area contributed by atoms with E-state index in [1.54, 1.807) is 6.92 Å². The molecule has 8 nitrogen and oxygen atoms in total. The minimum Gasteiger partial charge on any atom is -0.324 e. The maximum Gasteiger partial charge on any atom is 0.332 e. The van der Waals surface area contributed by atoms with E-state index in [9.17, 15) is 23.2 Å². The second-order valence-electron chi connectivity index (χ2n) is 6.66. The Labute approximate surface area is 158 Å². The summed E-state index contributed by atoms with van der Waals surface area (Å²) in [5.74, 6) is -3.56. The van der Waals surface area contributed by atoms with E-state index in [0.717, 1.165) is 11.5 Å². The first-order valence-corrected chi connectivity index (χ1v) is 8.44. The van der Waals surface area contributed by atoms with Crippen LogP contribution in [-0.2, 0) is 24.8 Å². The van der Waals surface area contributed by atoms with Crippen molar-refractivity contribution < 1.29 is 13.6 Å². The van der Waals surface area contributed by atoms with Crippen molar-refractivity contribution in [1.82, 2.24) is 18.7 Å². The Hall–Kier alpha value is -3.30. The lowest BCUT2D eigenvalue weighted by molar-refractivity contribution is -0.118. The molecule has 0 spiro atoms. The van der Waals surface area contributed by atoms with Gasteiger partial charge in [-0.3, -0.25) is 18.7 Å². The molecule has 2 aromatic heterocycles. The quantitative estimate of drug-likeness (QED) is 0.734. The number of carbonyl (C=O) groups is 1. The number of halogens is 2. The maximum absolute atomic E-state index is 13.5. The van der Waals surface area contributed by atoms with Gasteiger partial charge in [-0.25, -0.2) is 18.6 Å². The molecule has 0 aliphatic rings. The summed E-state index contributed by atoms with van der Waals surface area (Å²) in [5, 5.41) is 2.57. The topological polar surface area (TPSA) is 90.9 Å². The van der Waals surface area contributed by atoms with E-state index in [1.165, 1.54) is 53.8 Å². The van der Waals surface area contributed by atoms with E-state index in [1.807, 2.05) is 0 Å². The van der Waals surface area contributed by atoms with Crippen LogP contribution in [-0.4, -0.2) is 24.6 Å². The number of nitrogens with zero attached hydrogens (tertiary/aromatic N) is 4. The van der Waals surface area contributed by atoms with Gasteiger partial charge in [-0.1, -0.05) is 12.1 Å². The lowest BCUT2D eigenvalue weighted by Gasteiger charge is -2.16. The fraction of sp³-hybridized carbons (Fsp3) is 0.333. The monoisotopic (exact) mass is 391 g/mol. The molecule has 0 saturated heterocycles. The standard InChI is InChI=1S/C18H19F2N5O3/c1-10(15(26)22-12-7-5-6-11(8-12)18(2,19)20)25-9-21-14-13(25)16(27)24(4)17(28)23(14)3/h5-10H,1-4H3,(H,22,26). The Morgan fingerprint density at radius 2 is 1.89 bits per heavy atom. The summed E-state index contributed by atoms with van der Waals surface area (Å²) in [4.78, 5) is 41.2. The summed E-state index contributed by atoms with van der Waals surface area (Å²) in [6.07, 6.45) is 1.30. The number of hydrogen-bond donors (Lipinski definition) is 1. The molecule has 0 fully saturated rings. The number of benzene rings is 1. The first-order chi connectivity index (χ1) is 13.0. The van der Waals surface area contributed by atoms with Crippen LogP contribution in [0.3, 0.4) is 0 Å². The Bertz CT molecular complexity index is 1190. The molecule has 0 radical (unpaired) electrons. The zero-order valence-electron chi connectivity index (χ0n) is 15.7. The first kappa shape index (κ1) is 19.5. The van der Waals surface area contributed by atoms with E-state index < -0.39 is 29.1 Å². The average molecular weight is 391 g/mol. The van der Waals surface area contributed by atoms with Gasteiger partial charge in [0.25, 0.3) is 11.5 Å². The van der Waals surface area contributed by atoms with Crippen molar-refractivity contribution in [3.8, 4) is 0 Å². The Kier molecular flexibility index (Phi) is 4.66. The fourth-order valence-corrected chi connectivity index (χ4v) is 2.90. The number of carbonyl (C=O) groups excluding carboxylic acids is 1. The zero-order valence-corrected chi connectivity index (χ0v) is 15.7. The van der Waals surface area contributed by atoms with E-state index in [0.29, 0.717) is 0 Å². The molecule has 1 N–H and O–H groups in total. The van der Waals surface area contributed by atoms with Crippen molar-refractivity contribution in [2.75, 3.05) is 5.32 Å². The van der Waals surface area contributed by atoms with Crippen molar-refractivity contribution in [1.29, 1.82) is 0 Å². The molecule has 2 heterocycles. The van der Waals surface area contributed by atoms with Crippen LogP contribution in [0.15, 0.2) is 40.2 Å². The molecule has 0 aliphatic heterocycles. The van der Waals surface area contributed by atoms with Crippen LogP contribution in [0.4, 0.5) is 14.5 Å². The molecule has 0 saturated carbocycles. The smallest absolute Gasteiger partial charge is 0.324 e. The number of aromatic nitrogens is 4. The van der Waals surface area contributed by atoms with Gasteiger partial charge in [-0.15, -0.1) is 0 Å². The van der Waals surface area contributed by atoms with Gasteiger partial charge >= 0.3 is 5.69 Å². The number of alkyl halides is 2. The first-order valence-electron chi connectivity index (χ1n) is 8.44. The van der Waals surface area contributed by atoms with E-state index in [2.05, 4.69) is 10.3 Å². The van der Waals surface area contributed by atoms with Gasteiger partial charge in [0.05, 0.1) is 6.33 Å². The molecule has 1 unspecified atom stereocenters. The van der Waals surface area contributed by atoms with Gasteiger partial charge in [-0.2, -0.15) is 0 Å². The van der Waals surface area contributed by atoms with Crippen LogP contribution in [0.5, 0.6) is 0 Å². The zero-order chi connectivity index (χ0) is 20.8. The maximum atomic E-state index is 13.5. The predicted molar refractivity (Wildman–Crippen MR) is 99.6 cm³/mol. The number of anilines is 1. The van der Waals surface area contributed by atoms with Crippen molar-refractivity contribution in [3.63, 3.8) is 0 Å². The lowest BCUT2D eigenvalue weighted by atomic mass is 10.1. The van der Waals surface area contributed by atoms with E-state index >= 15 is 0 Å². The number of fused-ring (bicyclic) bond motifs is 1. The normalized spacial score (nSPS) is 12.9. The van der Waals surface area contributed by atoms with Crippen LogP contribution >= 0.6 is 0 Å². The van der Waals surface area contributed by atoms with Gasteiger partial charge in [0.1, 0.15) is 6.04 Å². The molecule has 0 aliphatic carbocycles. The molecule has 10 heteroatoms. The van der Waals surface area contributed by atoms with Gasteiger partial charge in [0.15, 0.2) is 11.2 Å². The van der Waals surface area contributed by atoms with Crippen molar-refractivity contribution in [3.05, 3.63) is 57.0 Å². The highest BCUT2D eigenvalue weighted by Crippen LogP contribution is 2.28. The fourth-order valence-electron chi connectivity index (χ4n) is 2.90. The van der Waals surface area contributed by atoms with Crippen LogP contribution < -0.4 is 16.6 Å². The predicted octanol–water partition coefficient (Wildman–Crippen LogP) is 1.75. The number of imidazole rings is 1. The van der Waals surface area contributed by atoms with Gasteiger partial charge in [-0.05, 0) is 19.1 Å². The Balaban J connectivity index is 1.97. The van der Waals surface area contributed by atoms with Crippen molar-refractivity contribution in [2.24, 2.45) is 14.1 Å². The lowest BCUT2D eigenvalue weighted by Crippen LogP contribution is -2.38. The second kappa shape index (κ2) is 6.70. The minimum absolute atomic E-state index is 0.0982. The molecular weight excluding hydrogens is 372 g/mol. The summed E-state index contributed by atoms with van der Waals surface area (Å²) < 4.78 is 30.5. The molecule has 28 heavy (non-hydrogen) atoms. The average Bonchev–Trinajstić information content (AvgIpc) is 3.08. The van der Waals surface area contributed by atoms with Crippen molar-refractivity contribution >= 4 is 22.8 Å². The largest absolute Gasteiger partial charge is 0.332 e. The Morgan fingerprint density at radius 3 is 2.54 bits per heavy atom. The highest BCUT2D eigenvalue weighted by molar-refractivity contribution is 5.94. The molecular formula is C18H19F2N5O3. The molecule has 1 aromatic carbocycles. The second-order valence-corrected chi connectivity index (χ2v) is 6.66. The SMILES string of the molecule is CC(C(=O)Nc1cccc(C(C)(F)F)c1)n1cnc2c1c(=O)n(C)c(=O)n2C. The summed E-state index contributed by atoms with van der Waals surface area (Å²) in [6, 6.07) is 4.51. The third-order valence-corrected chi connectivity index (χ3v) is 4.61. The van der Waals surface area contributed by atoms with Gasteiger partial charge in [0.2, 0.25) is 5.91 Å². The van der Waals surface area contributed by atoms with Crippen LogP contribution in [0, 0.1) is 0 Å². The summed E-state index contributed by atoms with van der Waals surface area (Å²) >= 11 is 0. The molecule has 0 bridgehead atoms. The van der Waals surface area contributed by atoms with Crippen LogP contribution in [0.1, 0.15) is 25.5 Å². The van der Waals surface area contributed by atoms with Crippen LogP contribution in [0.25, 0.3) is 11.2 Å². The molecule has 1 amide bonds. The Morgan fingerprint density at radius 1 is 1.21 bits per heavy atom. The molecule has 148 valence electrons. The summed E-state index contributed by atoms with van der Waals surface area (Å²) in [5.41, 5.74) is -0.878. The number of hydrogen-bond acceptors (Lipinski definition) is 4. The van der Waals surface area contributed by atoms with Crippen molar-refractivity contribution in [2.45, 2.75) is 25.8 Å². The van der Waals surface area contributed by atoms with E-state index in [4.69, 9.17) is 0 Å². The highest BCUT2D eigenvalue weighted by atomic mass is 19.3. The number of nitrogens with one attached hydrogen (secondary N) is 1. The van der Waals surface area contributed by atoms with E-state index in [-0.39, 0.29) is 22.4 Å². The number of amides is 1. The third-order valence-electron chi connectivity index (χ3n) is 4.61. The molecule has 1 atom stereocenters.